The molecular formula is C70H50N2. The van der Waals surface area contributed by atoms with Crippen LogP contribution in [0.3, 0.4) is 0 Å². The standard InChI is InChI=1S/C70H50N2/c1-69(2)62-30-16-12-26-56(62)60-43-42-54(46-66(60)69)71(50-22-8-4-9-23-50)52-40-36-49(37-41-52)55-44-45-61-59-29-15-19-33-65(59)70(63-31-17-13-27-57(63)58-28-14-18-32-64(58)70)67(61)68(55)72(51-24-10-5-11-25-51)53-38-34-48(35-39-53)47-20-6-3-7-21-47/h3-46H,1-2H3. The molecule has 0 saturated carbocycles. The van der Waals surface area contributed by atoms with Crippen LogP contribution in [0.1, 0.15) is 47.2 Å². The van der Waals surface area contributed by atoms with Gasteiger partial charge in [0.05, 0.1) is 11.1 Å². The van der Waals surface area contributed by atoms with Gasteiger partial charge in [-0.2, -0.15) is 0 Å². The molecule has 0 bridgehead atoms. The second-order valence-electron chi connectivity index (χ2n) is 20.0. The van der Waals surface area contributed by atoms with Crippen molar-refractivity contribution in [2.45, 2.75) is 24.7 Å². The highest BCUT2D eigenvalue weighted by molar-refractivity contribution is 6.04. The van der Waals surface area contributed by atoms with Gasteiger partial charge in [0, 0.05) is 45.0 Å². The average Bonchev–Trinajstić information content (AvgIpc) is 4.00. The molecule has 0 N–H and O–H groups in total. The first-order valence-corrected chi connectivity index (χ1v) is 25.2. The van der Waals surface area contributed by atoms with E-state index in [1.165, 1.54) is 83.6 Å². The normalized spacial score (nSPS) is 13.6. The minimum atomic E-state index is -0.591. The van der Waals surface area contributed by atoms with Gasteiger partial charge in [0.25, 0.3) is 0 Å². The van der Waals surface area contributed by atoms with Crippen LogP contribution in [0.25, 0.3) is 55.6 Å². The number of anilines is 6. The number of hydrogen-bond donors (Lipinski definition) is 0. The second-order valence-corrected chi connectivity index (χ2v) is 20.0. The number of rotatable bonds is 8. The Morgan fingerprint density at radius 2 is 0.611 bits per heavy atom. The summed E-state index contributed by atoms with van der Waals surface area (Å²) in [6.07, 6.45) is 0. The van der Waals surface area contributed by atoms with Crippen molar-refractivity contribution in [1.82, 2.24) is 0 Å². The first kappa shape index (κ1) is 41.9. The quantitative estimate of drug-likeness (QED) is 0.150. The van der Waals surface area contributed by atoms with Crippen molar-refractivity contribution in [3.63, 3.8) is 0 Å². The van der Waals surface area contributed by atoms with Crippen molar-refractivity contribution in [1.29, 1.82) is 0 Å². The van der Waals surface area contributed by atoms with Crippen molar-refractivity contribution in [3.8, 4) is 55.6 Å². The van der Waals surface area contributed by atoms with E-state index in [9.17, 15) is 0 Å². The maximum Gasteiger partial charge on any atom is 0.0746 e. The van der Waals surface area contributed by atoms with Crippen LogP contribution in [-0.2, 0) is 10.8 Å². The van der Waals surface area contributed by atoms with Gasteiger partial charge in [-0.25, -0.2) is 0 Å². The van der Waals surface area contributed by atoms with Crippen LogP contribution < -0.4 is 9.80 Å². The third-order valence-electron chi connectivity index (χ3n) is 15.9. The first-order valence-electron chi connectivity index (χ1n) is 25.2. The van der Waals surface area contributed by atoms with Gasteiger partial charge in [-0.3, -0.25) is 0 Å². The Balaban J connectivity index is 1.01. The fourth-order valence-corrected chi connectivity index (χ4v) is 12.7. The zero-order valence-corrected chi connectivity index (χ0v) is 40.3. The lowest BCUT2D eigenvalue weighted by Gasteiger charge is -2.37. The van der Waals surface area contributed by atoms with Crippen LogP contribution in [0.15, 0.2) is 267 Å². The molecule has 0 fully saturated rings. The molecule has 0 aliphatic heterocycles. The van der Waals surface area contributed by atoms with E-state index in [1.807, 2.05) is 0 Å². The summed E-state index contributed by atoms with van der Waals surface area (Å²) in [5.41, 5.74) is 26.4. The highest BCUT2D eigenvalue weighted by Gasteiger charge is 2.54. The minimum absolute atomic E-state index is 0.123. The number of para-hydroxylation sites is 2. The maximum absolute atomic E-state index is 2.54. The van der Waals surface area contributed by atoms with Crippen LogP contribution in [0.5, 0.6) is 0 Å². The number of nitrogens with zero attached hydrogens (tertiary/aromatic N) is 2. The van der Waals surface area contributed by atoms with Crippen molar-refractivity contribution >= 4 is 34.1 Å². The Hall–Kier alpha value is -8.98. The topological polar surface area (TPSA) is 6.48 Å². The molecule has 2 heteroatoms. The summed E-state index contributed by atoms with van der Waals surface area (Å²) in [5, 5.41) is 0. The second kappa shape index (κ2) is 16.3. The van der Waals surface area contributed by atoms with Gasteiger partial charge in [0.1, 0.15) is 0 Å². The van der Waals surface area contributed by atoms with Gasteiger partial charge >= 0.3 is 0 Å². The summed E-state index contributed by atoms with van der Waals surface area (Å²) >= 11 is 0. The van der Waals surface area contributed by atoms with Crippen LogP contribution in [0.4, 0.5) is 34.1 Å². The Labute approximate surface area is 422 Å². The fourth-order valence-electron chi connectivity index (χ4n) is 12.7. The van der Waals surface area contributed by atoms with Gasteiger partial charge < -0.3 is 9.80 Å². The molecule has 11 aromatic carbocycles. The van der Waals surface area contributed by atoms with Crippen LogP contribution in [0.2, 0.25) is 0 Å². The van der Waals surface area contributed by atoms with E-state index in [2.05, 4.69) is 291 Å². The van der Waals surface area contributed by atoms with E-state index in [-0.39, 0.29) is 5.41 Å². The summed E-state index contributed by atoms with van der Waals surface area (Å²) < 4.78 is 0. The smallest absolute Gasteiger partial charge is 0.0746 e. The van der Waals surface area contributed by atoms with Gasteiger partial charge in [0.2, 0.25) is 0 Å². The lowest BCUT2D eigenvalue weighted by molar-refractivity contribution is 0.660. The molecular weight excluding hydrogens is 869 g/mol. The van der Waals surface area contributed by atoms with Crippen LogP contribution in [-0.4, -0.2) is 0 Å². The molecule has 0 saturated heterocycles. The van der Waals surface area contributed by atoms with Gasteiger partial charge in [0.15, 0.2) is 0 Å². The summed E-state index contributed by atoms with van der Waals surface area (Å²) in [6.45, 7) is 4.72. The zero-order chi connectivity index (χ0) is 48.0. The van der Waals surface area contributed by atoms with Crippen molar-refractivity contribution in [2.24, 2.45) is 0 Å². The molecule has 0 atom stereocenters. The minimum Gasteiger partial charge on any atom is -0.310 e. The molecule has 14 rings (SSSR count). The molecule has 340 valence electrons. The lowest BCUT2D eigenvalue weighted by atomic mass is 9.69. The summed E-state index contributed by atoms with van der Waals surface area (Å²) in [7, 11) is 0. The zero-order valence-electron chi connectivity index (χ0n) is 40.3. The summed E-state index contributed by atoms with van der Waals surface area (Å²) in [6, 6.07) is 99.1. The van der Waals surface area contributed by atoms with Gasteiger partial charge in [-0.15, -0.1) is 0 Å². The third kappa shape index (κ3) is 6.15. The Morgan fingerprint density at radius 3 is 1.18 bits per heavy atom. The Kier molecular flexibility index (Phi) is 9.50. The average molecular weight is 919 g/mol. The maximum atomic E-state index is 2.54. The van der Waals surface area contributed by atoms with E-state index in [1.54, 1.807) is 0 Å². The molecule has 3 aliphatic rings. The van der Waals surface area contributed by atoms with Gasteiger partial charge in [-0.05, 0) is 139 Å². The van der Waals surface area contributed by atoms with E-state index in [4.69, 9.17) is 0 Å². The van der Waals surface area contributed by atoms with E-state index in [0.29, 0.717) is 0 Å². The summed E-state index contributed by atoms with van der Waals surface area (Å²) in [4.78, 5) is 4.95. The molecule has 72 heavy (non-hydrogen) atoms. The van der Waals surface area contributed by atoms with Gasteiger partial charge in [-0.1, -0.05) is 220 Å². The fraction of sp³-hybridized carbons (Fsp3) is 0.0571. The van der Waals surface area contributed by atoms with Crippen molar-refractivity contribution in [3.05, 3.63) is 300 Å². The molecule has 3 aliphatic carbocycles. The largest absolute Gasteiger partial charge is 0.310 e. The SMILES string of the molecule is CC1(C)c2ccccc2-c2ccc(N(c3ccccc3)c3ccc(-c4ccc5c(c4N(c4ccccc4)c4ccc(-c6ccccc6)cc4)C4(c6ccccc6-c6ccccc64)c4ccccc4-5)cc3)cc21. The van der Waals surface area contributed by atoms with E-state index >= 15 is 0 Å². The molecule has 11 aromatic rings. The van der Waals surface area contributed by atoms with E-state index in [0.717, 1.165) is 39.6 Å². The predicted molar refractivity (Wildman–Crippen MR) is 301 cm³/mol. The first-order chi connectivity index (χ1) is 35.5. The predicted octanol–water partition coefficient (Wildman–Crippen LogP) is 18.6. The molecule has 0 aromatic heterocycles. The molecule has 0 amide bonds. The molecule has 0 heterocycles. The summed E-state index contributed by atoms with van der Waals surface area (Å²) in [5.74, 6) is 0. The van der Waals surface area contributed by atoms with Crippen molar-refractivity contribution in [2.75, 3.05) is 9.80 Å². The number of benzene rings is 11. The molecule has 2 nitrogen and oxygen atoms in total. The highest BCUT2D eigenvalue weighted by Crippen LogP contribution is 2.66. The van der Waals surface area contributed by atoms with Crippen LogP contribution >= 0.6 is 0 Å². The Bertz CT molecular complexity index is 3810. The molecule has 1 spiro atoms. The third-order valence-corrected chi connectivity index (χ3v) is 15.9. The van der Waals surface area contributed by atoms with E-state index < -0.39 is 5.41 Å². The Morgan fingerprint density at radius 1 is 0.250 bits per heavy atom. The number of hydrogen-bond acceptors (Lipinski definition) is 2. The van der Waals surface area contributed by atoms with Crippen LogP contribution in [0, 0.1) is 0 Å². The lowest BCUT2D eigenvalue weighted by Crippen LogP contribution is -2.28. The number of fused-ring (bicyclic) bond motifs is 13. The monoisotopic (exact) mass is 918 g/mol. The van der Waals surface area contributed by atoms with Crippen molar-refractivity contribution < 1.29 is 0 Å². The molecule has 0 radical (unpaired) electrons. The highest BCUT2D eigenvalue weighted by atomic mass is 15.2. The molecule has 0 unspecified atom stereocenters.